The van der Waals surface area contributed by atoms with E-state index in [4.69, 9.17) is 9.47 Å². The average molecular weight is 390 g/mol. The zero-order chi connectivity index (χ0) is 19.4. The molecule has 1 aromatic carbocycles. The molecule has 2 aliphatic rings. The lowest BCUT2D eigenvalue weighted by Crippen LogP contribution is -2.39. The van der Waals surface area contributed by atoms with Crippen molar-refractivity contribution in [2.75, 3.05) is 19.9 Å². The normalized spacial score (nSPS) is 17.3. The van der Waals surface area contributed by atoms with Crippen LogP contribution < -0.4 is 14.8 Å². The second-order valence-corrected chi connectivity index (χ2v) is 7.24. The number of carbonyl (C=O) groups is 3. The number of amides is 3. The van der Waals surface area contributed by atoms with E-state index >= 15 is 0 Å². The van der Waals surface area contributed by atoms with Crippen LogP contribution >= 0.6 is 11.8 Å². The number of rotatable bonds is 7. The predicted molar refractivity (Wildman–Crippen MR) is 102 cm³/mol. The van der Waals surface area contributed by atoms with Crippen LogP contribution in [-0.4, -0.2) is 41.8 Å². The molecule has 27 heavy (non-hydrogen) atoms. The third-order valence-corrected chi connectivity index (χ3v) is 5.47. The van der Waals surface area contributed by atoms with Gasteiger partial charge in [0.25, 0.3) is 11.1 Å². The molecule has 3 amide bonds. The van der Waals surface area contributed by atoms with Crippen molar-refractivity contribution in [3.63, 3.8) is 0 Å². The first-order chi connectivity index (χ1) is 13.0. The molecule has 1 saturated heterocycles. The minimum atomic E-state index is -0.348. The molecule has 1 N–H and O–H groups in total. The quantitative estimate of drug-likeness (QED) is 0.721. The van der Waals surface area contributed by atoms with Gasteiger partial charge in [-0.1, -0.05) is 19.9 Å². The Morgan fingerprint density at radius 2 is 2.00 bits per heavy atom. The Bertz CT molecular complexity index is 788. The van der Waals surface area contributed by atoms with Crippen molar-refractivity contribution in [3.8, 4) is 11.5 Å². The highest BCUT2D eigenvalue weighted by molar-refractivity contribution is 8.18. The summed E-state index contributed by atoms with van der Waals surface area (Å²) in [6.45, 7) is 4.52. The zero-order valence-electron chi connectivity index (χ0n) is 15.3. The molecule has 0 bridgehead atoms. The van der Waals surface area contributed by atoms with Gasteiger partial charge in [0.15, 0.2) is 11.5 Å². The van der Waals surface area contributed by atoms with Gasteiger partial charge in [-0.05, 0) is 48.4 Å². The molecule has 1 aromatic rings. The van der Waals surface area contributed by atoms with Crippen molar-refractivity contribution in [1.82, 2.24) is 10.2 Å². The first-order valence-corrected chi connectivity index (χ1v) is 9.77. The molecule has 8 heteroatoms. The van der Waals surface area contributed by atoms with Gasteiger partial charge in [-0.2, -0.15) is 0 Å². The molecule has 0 radical (unpaired) electrons. The molecule has 0 atom stereocenters. The van der Waals surface area contributed by atoms with E-state index in [0.29, 0.717) is 16.4 Å². The SMILES string of the molecule is CCC(CC)C(=O)NCCN1C(=O)S/C(=C/c2ccc3c(c2)OCO3)C1=O. The lowest BCUT2D eigenvalue weighted by Gasteiger charge is -2.15. The number of benzene rings is 1. The summed E-state index contributed by atoms with van der Waals surface area (Å²) in [4.78, 5) is 38.2. The maximum absolute atomic E-state index is 12.5. The largest absolute Gasteiger partial charge is 0.454 e. The number of carbonyl (C=O) groups excluding carboxylic acids is 3. The minimum absolute atomic E-state index is 0.0363. The van der Waals surface area contributed by atoms with Crippen molar-refractivity contribution in [2.45, 2.75) is 26.7 Å². The van der Waals surface area contributed by atoms with Crippen LogP contribution in [0.1, 0.15) is 32.3 Å². The van der Waals surface area contributed by atoms with Gasteiger partial charge in [0, 0.05) is 19.0 Å². The summed E-state index contributed by atoms with van der Waals surface area (Å²) in [5.74, 6) is 0.855. The van der Waals surface area contributed by atoms with E-state index in [9.17, 15) is 14.4 Å². The number of hydrogen-bond donors (Lipinski definition) is 1. The topological polar surface area (TPSA) is 84.9 Å². The van der Waals surface area contributed by atoms with Crippen molar-refractivity contribution in [1.29, 1.82) is 0 Å². The Morgan fingerprint density at radius 3 is 2.74 bits per heavy atom. The third-order valence-electron chi connectivity index (χ3n) is 4.56. The Morgan fingerprint density at radius 1 is 1.26 bits per heavy atom. The molecule has 0 aromatic heterocycles. The Balaban J connectivity index is 1.60. The molecule has 0 aliphatic carbocycles. The summed E-state index contributed by atoms with van der Waals surface area (Å²) >= 11 is 0.898. The molecule has 0 unspecified atom stereocenters. The number of fused-ring (bicyclic) bond motifs is 1. The molecular formula is C19H22N2O5S. The van der Waals surface area contributed by atoms with E-state index in [1.54, 1.807) is 24.3 Å². The summed E-state index contributed by atoms with van der Waals surface area (Å²) < 4.78 is 10.6. The molecule has 144 valence electrons. The van der Waals surface area contributed by atoms with Crippen LogP contribution in [-0.2, 0) is 9.59 Å². The van der Waals surface area contributed by atoms with Gasteiger partial charge in [-0.25, -0.2) is 0 Å². The zero-order valence-corrected chi connectivity index (χ0v) is 16.1. The fourth-order valence-electron chi connectivity index (χ4n) is 2.94. The van der Waals surface area contributed by atoms with E-state index in [1.165, 1.54) is 0 Å². The Kier molecular flexibility index (Phi) is 6.05. The molecule has 2 heterocycles. The van der Waals surface area contributed by atoms with Gasteiger partial charge in [-0.3, -0.25) is 19.3 Å². The summed E-state index contributed by atoms with van der Waals surface area (Å²) in [7, 11) is 0. The number of nitrogens with zero attached hydrogens (tertiary/aromatic N) is 1. The van der Waals surface area contributed by atoms with Gasteiger partial charge >= 0.3 is 0 Å². The number of imide groups is 1. The highest BCUT2D eigenvalue weighted by Crippen LogP contribution is 2.36. The monoisotopic (exact) mass is 390 g/mol. The average Bonchev–Trinajstić information content (AvgIpc) is 3.22. The van der Waals surface area contributed by atoms with Crippen molar-refractivity contribution in [2.24, 2.45) is 5.92 Å². The van der Waals surface area contributed by atoms with Crippen LogP contribution in [0.25, 0.3) is 6.08 Å². The first-order valence-electron chi connectivity index (χ1n) is 8.96. The van der Waals surface area contributed by atoms with Crippen LogP contribution in [0.15, 0.2) is 23.1 Å². The van der Waals surface area contributed by atoms with Crippen LogP contribution in [0.4, 0.5) is 4.79 Å². The van der Waals surface area contributed by atoms with Crippen LogP contribution in [0.5, 0.6) is 11.5 Å². The van der Waals surface area contributed by atoms with E-state index < -0.39 is 0 Å². The number of hydrogen-bond acceptors (Lipinski definition) is 6. The predicted octanol–water partition coefficient (Wildman–Crippen LogP) is 3.00. The van der Waals surface area contributed by atoms with Crippen LogP contribution in [0.2, 0.25) is 0 Å². The van der Waals surface area contributed by atoms with E-state index in [0.717, 1.165) is 35.1 Å². The number of ether oxygens (including phenoxy) is 2. The molecule has 3 rings (SSSR count). The van der Waals surface area contributed by atoms with E-state index in [-0.39, 0.29) is 42.9 Å². The Hall–Kier alpha value is -2.48. The maximum atomic E-state index is 12.5. The first kappa shape index (κ1) is 19.3. The standard InChI is InChI=1S/C19H22N2O5S/c1-3-13(4-2)17(22)20-7-8-21-18(23)16(27-19(21)24)10-12-5-6-14-15(9-12)26-11-25-14/h5-6,9-10,13H,3-4,7-8,11H2,1-2H3,(H,20,22)/b16-10+. The molecule has 0 saturated carbocycles. The molecule has 0 spiro atoms. The lowest BCUT2D eigenvalue weighted by atomic mass is 10.0. The van der Waals surface area contributed by atoms with Crippen LogP contribution in [0, 0.1) is 5.92 Å². The van der Waals surface area contributed by atoms with E-state index in [1.807, 2.05) is 13.8 Å². The van der Waals surface area contributed by atoms with Crippen molar-refractivity contribution in [3.05, 3.63) is 28.7 Å². The molecule has 7 nitrogen and oxygen atoms in total. The highest BCUT2D eigenvalue weighted by Gasteiger charge is 2.34. The molecular weight excluding hydrogens is 368 g/mol. The number of thioether (sulfide) groups is 1. The fraction of sp³-hybridized carbons (Fsp3) is 0.421. The van der Waals surface area contributed by atoms with Crippen molar-refractivity contribution >= 4 is 34.9 Å². The molecule has 2 aliphatic heterocycles. The second kappa shape index (κ2) is 8.47. The van der Waals surface area contributed by atoms with Gasteiger partial charge in [0.2, 0.25) is 12.7 Å². The van der Waals surface area contributed by atoms with Crippen molar-refractivity contribution < 1.29 is 23.9 Å². The fourth-order valence-corrected chi connectivity index (χ4v) is 3.81. The summed E-state index contributed by atoms with van der Waals surface area (Å²) in [5, 5.41) is 2.47. The molecule has 1 fully saturated rings. The van der Waals surface area contributed by atoms with Gasteiger partial charge in [-0.15, -0.1) is 0 Å². The summed E-state index contributed by atoms with van der Waals surface area (Å²) in [6, 6.07) is 5.34. The van der Waals surface area contributed by atoms with E-state index in [2.05, 4.69) is 5.32 Å². The highest BCUT2D eigenvalue weighted by atomic mass is 32.2. The van der Waals surface area contributed by atoms with Gasteiger partial charge in [0.05, 0.1) is 4.91 Å². The smallest absolute Gasteiger partial charge is 0.293 e. The summed E-state index contributed by atoms with van der Waals surface area (Å²) in [6.07, 6.45) is 3.19. The third kappa shape index (κ3) is 4.27. The van der Waals surface area contributed by atoms with Gasteiger partial charge in [0.1, 0.15) is 0 Å². The second-order valence-electron chi connectivity index (χ2n) is 6.25. The van der Waals surface area contributed by atoms with Gasteiger partial charge < -0.3 is 14.8 Å². The number of nitrogens with one attached hydrogen (secondary N) is 1. The van der Waals surface area contributed by atoms with Crippen LogP contribution in [0.3, 0.4) is 0 Å². The maximum Gasteiger partial charge on any atom is 0.293 e. The lowest BCUT2D eigenvalue weighted by molar-refractivity contribution is -0.126. The summed E-state index contributed by atoms with van der Waals surface area (Å²) in [5.41, 5.74) is 0.756. The minimum Gasteiger partial charge on any atom is -0.454 e. The Labute approximate surface area is 162 Å².